The molecule has 2 aromatic rings. The van der Waals surface area contributed by atoms with E-state index in [9.17, 15) is 4.79 Å². The summed E-state index contributed by atoms with van der Waals surface area (Å²) in [7, 11) is 0. The van der Waals surface area contributed by atoms with Crippen LogP contribution in [0, 0.1) is 0 Å². The molecule has 0 aromatic heterocycles. The number of likely N-dealkylation sites (tertiary alicyclic amines) is 1. The van der Waals surface area contributed by atoms with Gasteiger partial charge in [0.15, 0.2) is 0 Å². The third-order valence-electron chi connectivity index (χ3n) is 6.66. The zero-order valence-corrected chi connectivity index (χ0v) is 18.7. The van der Waals surface area contributed by atoms with Gasteiger partial charge in [-0.1, -0.05) is 64.5 Å². The molecule has 5 rings (SSSR count). The molecule has 2 aromatic carbocycles. The molecule has 1 atom stereocenters. The molecule has 30 heavy (non-hydrogen) atoms. The zero-order valence-electron chi connectivity index (χ0n) is 17.1. The second-order valence-electron chi connectivity index (χ2n) is 8.50. The highest BCUT2D eigenvalue weighted by molar-refractivity contribution is 9.10. The number of carbonyl (C=O) groups is 1. The van der Waals surface area contributed by atoms with E-state index in [-0.39, 0.29) is 5.91 Å². The first-order valence-electron chi connectivity index (χ1n) is 11.0. The first kappa shape index (κ1) is 19.8. The zero-order chi connectivity index (χ0) is 20.5. The second kappa shape index (κ2) is 8.52. The summed E-state index contributed by atoms with van der Waals surface area (Å²) in [5.41, 5.74) is 4.81. The van der Waals surface area contributed by atoms with Crippen LogP contribution in [-0.4, -0.2) is 34.8 Å². The third kappa shape index (κ3) is 3.79. The number of benzene rings is 2. The third-order valence-corrected chi connectivity index (χ3v) is 7.15. The number of nitrogens with zero attached hydrogens (tertiary/aromatic N) is 2. The van der Waals surface area contributed by atoms with E-state index in [1.807, 2.05) is 12.1 Å². The molecule has 0 spiro atoms. The van der Waals surface area contributed by atoms with Crippen LogP contribution in [0.3, 0.4) is 0 Å². The van der Waals surface area contributed by atoms with Crippen molar-refractivity contribution in [3.8, 4) is 0 Å². The molecule has 1 amide bonds. The van der Waals surface area contributed by atoms with Gasteiger partial charge in [0.25, 0.3) is 5.91 Å². The number of piperidine rings is 1. The van der Waals surface area contributed by atoms with Crippen LogP contribution in [0.4, 0.5) is 0 Å². The number of carbonyl (C=O) groups excluding carboxylic acids is 1. The van der Waals surface area contributed by atoms with Crippen molar-refractivity contribution in [3.05, 3.63) is 93.5 Å². The summed E-state index contributed by atoms with van der Waals surface area (Å²) in [6.07, 6.45) is 11.3. The fraction of sp³-hybridized carbons (Fsp3) is 0.346. The van der Waals surface area contributed by atoms with Crippen molar-refractivity contribution in [2.75, 3.05) is 13.1 Å². The maximum atomic E-state index is 13.0. The Morgan fingerprint density at radius 2 is 1.80 bits per heavy atom. The quantitative estimate of drug-likeness (QED) is 0.565. The fourth-order valence-corrected chi connectivity index (χ4v) is 5.56. The standard InChI is InChI=1S/C26H27BrN2O/c27-22-11-12-24-21(17-22)18-29(26(24)30)23-13-15-28(16-14-23)25(19-7-3-1-4-8-19)20-9-5-2-6-10-20/h1,3-5,7-12,17,23,25H,2,6,13-16,18H2. The SMILES string of the molecule is O=C1c2ccc(Br)cc2CN1C1CCN(C(C2=CCCC=C2)c2ccccc2)CC1. The van der Waals surface area contributed by atoms with E-state index < -0.39 is 0 Å². The van der Waals surface area contributed by atoms with Gasteiger partial charge in [-0.05, 0) is 60.6 Å². The Balaban J connectivity index is 1.31. The second-order valence-corrected chi connectivity index (χ2v) is 9.41. The highest BCUT2D eigenvalue weighted by Crippen LogP contribution is 2.36. The average molecular weight is 463 g/mol. The largest absolute Gasteiger partial charge is 0.331 e. The molecule has 1 unspecified atom stereocenters. The number of rotatable bonds is 4. The number of halogens is 1. The van der Waals surface area contributed by atoms with E-state index in [0.717, 1.165) is 60.9 Å². The van der Waals surface area contributed by atoms with Gasteiger partial charge in [-0.3, -0.25) is 9.69 Å². The van der Waals surface area contributed by atoms with Crippen LogP contribution in [0.2, 0.25) is 0 Å². The lowest BCUT2D eigenvalue weighted by molar-refractivity contribution is 0.0566. The van der Waals surface area contributed by atoms with Gasteiger partial charge in [-0.25, -0.2) is 0 Å². The van der Waals surface area contributed by atoms with Crippen molar-refractivity contribution in [1.29, 1.82) is 0 Å². The Labute approximate surface area is 187 Å². The van der Waals surface area contributed by atoms with Crippen molar-refractivity contribution >= 4 is 21.8 Å². The maximum Gasteiger partial charge on any atom is 0.254 e. The molecule has 1 aliphatic carbocycles. The monoisotopic (exact) mass is 462 g/mol. The molecule has 3 aliphatic rings. The van der Waals surface area contributed by atoms with Crippen molar-refractivity contribution in [3.63, 3.8) is 0 Å². The van der Waals surface area contributed by atoms with Gasteiger partial charge < -0.3 is 4.90 Å². The number of fused-ring (bicyclic) bond motifs is 1. The van der Waals surface area contributed by atoms with Gasteiger partial charge in [0.2, 0.25) is 0 Å². The Morgan fingerprint density at radius 3 is 2.53 bits per heavy atom. The molecule has 1 fully saturated rings. The first-order chi connectivity index (χ1) is 14.7. The topological polar surface area (TPSA) is 23.6 Å². The van der Waals surface area contributed by atoms with Crippen LogP contribution in [0.25, 0.3) is 0 Å². The fourth-order valence-electron chi connectivity index (χ4n) is 5.15. The van der Waals surface area contributed by atoms with Gasteiger partial charge in [0, 0.05) is 35.7 Å². The minimum Gasteiger partial charge on any atom is -0.331 e. The lowest BCUT2D eigenvalue weighted by atomic mass is 9.90. The van der Waals surface area contributed by atoms with Crippen LogP contribution in [0.15, 0.2) is 76.8 Å². The van der Waals surface area contributed by atoms with Crippen LogP contribution in [-0.2, 0) is 6.54 Å². The molecule has 2 heterocycles. The van der Waals surface area contributed by atoms with Crippen molar-refractivity contribution in [2.45, 2.75) is 44.3 Å². The first-order valence-corrected chi connectivity index (χ1v) is 11.7. The summed E-state index contributed by atoms with van der Waals surface area (Å²) in [5.74, 6) is 0.202. The van der Waals surface area contributed by atoms with E-state index >= 15 is 0 Å². The normalized spacial score (nSPS) is 20.9. The summed E-state index contributed by atoms with van der Waals surface area (Å²) in [4.78, 5) is 17.7. The molecule has 1 saturated heterocycles. The molecule has 4 heteroatoms. The van der Waals surface area contributed by atoms with Crippen molar-refractivity contribution < 1.29 is 4.79 Å². The van der Waals surface area contributed by atoms with Gasteiger partial charge in [-0.15, -0.1) is 0 Å². The lowest BCUT2D eigenvalue weighted by Gasteiger charge is -2.41. The van der Waals surface area contributed by atoms with Gasteiger partial charge >= 0.3 is 0 Å². The minimum absolute atomic E-state index is 0.202. The molecular formula is C26H27BrN2O. The summed E-state index contributed by atoms with van der Waals surface area (Å²) >= 11 is 3.54. The average Bonchev–Trinajstić information content (AvgIpc) is 3.11. The van der Waals surface area contributed by atoms with Crippen LogP contribution >= 0.6 is 15.9 Å². The predicted molar refractivity (Wildman–Crippen MR) is 124 cm³/mol. The molecule has 0 radical (unpaired) electrons. The lowest BCUT2D eigenvalue weighted by Crippen LogP contribution is -2.46. The predicted octanol–water partition coefficient (Wildman–Crippen LogP) is 5.89. The summed E-state index contributed by atoms with van der Waals surface area (Å²) in [6, 6.07) is 17.5. The minimum atomic E-state index is 0.202. The summed E-state index contributed by atoms with van der Waals surface area (Å²) in [6.45, 7) is 2.77. The van der Waals surface area contributed by atoms with Gasteiger partial charge in [0.1, 0.15) is 0 Å². The van der Waals surface area contributed by atoms with E-state index in [1.165, 1.54) is 11.1 Å². The van der Waals surface area contributed by atoms with Gasteiger partial charge in [-0.2, -0.15) is 0 Å². The van der Waals surface area contributed by atoms with E-state index in [1.54, 1.807) is 0 Å². The highest BCUT2D eigenvalue weighted by Gasteiger charge is 2.36. The van der Waals surface area contributed by atoms with E-state index in [0.29, 0.717) is 12.1 Å². The molecule has 0 N–H and O–H groups in total. The Kier molecular flexibility index (Phi) is 5.62. The van der Waals surface area contributed by atoms with Gasteiger partial charge in [0.05, 0.1) is 6.04 Å². The molecule has 0 saturated carbocycles. The number of amides is 1. The smallest absolute Gasteiger partial charge is 0.254 e. The van der Waals surface area contributed by atoms with E-state index in [2.05, 4.69) is 80.4 Å². The van der Waals surface area contributed by atoms with E-state index in [4.69, 9.17) is 0 Å². The Bertz CT molecular complexity index is 989. The molecular weight excluding hydrogens is 436 g/mol. The molecule has 3 nitrogen and oxygen atoms in total. The number of hydrogen-bond acceptors (Lipinski definition) is 2. The van der Waals surface area contributed by atoms with Crippen LogP contribution in [0.5, 0.6) is 0 Å². The Morgan fingerprint density at radius 1 is 1.00 bits per heavy atom. The molecule has 154 valence electrons. The highest BCUT2D eigenvalue weighted by atomic mass is 79.9. The number of allylic oxidation sites excluding steroid dienone is 2. The molecule has 0 bridgehead atoms. The summed E-state index contributed by atoms with van der Waals surface area (Å²) in [5, 5.41) is 0. The summed E-state index contributed by atoms with van der Waals surface area (Å²) < 4.78 is 1.05. The van der Waals surface area contributed by atoms with Crippen LogP contribution < -0.4 is 0 Å². The van der Waals surface area contributed by atoms with Crippen LogP contribution in [0.1, 0.15) is 53.2 Å². The number of hydrogen-bond donors (Lipinski definition) is 0. The van der Waals surface area contributed by atoms with Crippen molar-refractivity contribution in [2.24, 2.45) is 0 Å². The molecule has 2 aliphatic heterocycles. The van der Waals surface area contributed by atoms with Crippen molar-refractivity contribution in [1.82, 2.24) is 9.80 Å². The Hall–Kier alpha value is -2.17. The maximum absolute atomic E-state index is 13.0.